The van der Waals surface area contributed by atoms with Crippen molar-refractivity contribution in [3.63, 3.8) is 0 Å². The van der Waals surface area contributed by atoms with Crippen molar-refractivity contribution in [1.82, 2.24) is 5.32 Å². The molecule has 2 N–H and O–H groups in total. The molecule has 1 atom stereocenters. The van der Waals surface area contributed by atoms with Crippen molar-refractivity contribution in [1.29, 1.82) is 0 Å². The smallest absolute Gasteiger partial charge is 0.494 e. The van der Waals surface area contributed by atoms with Gasteiger partial charge >= 0.3 is 6.36 Å². The van der Waals surface area contributed by atoms with Crippen LogP contribution < -0.4 is 14.8 Å². The van der Waals surface area contributed by atoms with Crippen molar-refractivity contribution in [3.8, 4) is 11.5 Å². The van der Waals surface area contributed by atoms with Crippen molar-refractivity contribution in [2.45, 2.75) is 31.3 Å². The Kier molecular flexibility index (Phi) is 8.52. The Balaban J connectivity index is 1.49. The minimum absolute atomic E-state index is 0.0240. The van der Waals surface area contributed by atoms with Crippen LogP contribution in [0.25, 0.3) is 0 Å². The van der Waals surface area contributed by atoms with Gasteiger partial charge in [-0.3, -0.25) is 4.79 Å². The highest BCUT2D eigenvalue weighted by atomic mass is 19.4. The van der Waals surface area contributed by atoms with Crippen LogP contribution in [0.15, 0.2) is 83.9 Å². The number of aliphatic hydroxyl groups is 1. The van der Waals surface area contributed by atoms with E-state index in [2.05, 4.69) is 10.1 Å². The number of hydrogen-bond donors (Lipinski definition) is 2. The average molecular weight is 529 g/mol. The molecule has 1 heterocycles. The van der Waals surface area contributed by atoms with Gasteiger partial charge in [-0.15, -0.1) is 13.2 Å². The van der Waals surface area contributed by atoms with E-state index in [0.717, 1.165) is 5.56 Å². The number of hydrogen-bond acceptors (Lipinski definition) is 6. The van der Waals surface area contributed by atoms with Crippen molar-refractivity contribution in [3.05, 3.63) is 95.6 Å². The van der Waals surface area contributed by atoms with Gasteiger partial charge in [0.25, 0.3) is 5.91 Å². The fourth-order valence-corrected chi connectivity index (χ4v) is 3.92. The van der Waals surface area contributed by atoms with Gasteiger partial charge in [-0.1, -0.05) is 42.5 Å². The Bertz CT molecular complexity index is 1230. The van der Waals surface area contributed by atoms with Crippen LogP contribution in [0.1, 0.15) is 23.1 Å². The standard InChI is InChI=1S/C28H27F3N2O5/c29-28(30,31)38-24-11-7-21(8-12-24)18-32-26(35)27(17-20-5-2-1-3-6-20)19-37-25(33-27)22-9-13-23(14-10-22)36-16-4-15-34/h1-3,5-14,34H,4,15-19H2,(H,32,35)/t27-/m1/s1. The van der Waals surface area contributed by atoms with Crippen molar-refractivity contribution >= 4 is 11.8 Å². The first-order valence-electron chi connectivity index (χ1n) is 12.0. The van der Waals surface area contributed by atoms with Gasteiger partial charge < -0.3 is 24.6 Å². The first-order chi connectivity index (χ1) is 18.3. The molecule has 38 heavy (non-hydrogen) atoms. The lowest BCUT2D eigenvalue weighted by molar-refractivity contribution is -0.274. The third-order valence-electron chi connectivity index (χ3n) is 5.81. The molecule has 0 radical (unpaired) electrons. The molecule has 0 fully saturated rings. The zero-order valence-electron chi connectivity index (χ0n) is 20.4. The molecule has 0 saturated heterocycles. The van der Waals surface area contributed by atoms with Crippen LogP contribution in [-0.2, 0) is 22.5 Å². The number of aliphatic imine (C=N–C) groups is 1. The third-order valence-corrected chi connectivity index (χ3v) is 5.81. The number of aliphatic hydroxyl groups excluding tert-OH is 1. The molecule has 0 aliphatic carbocycles. The molecule has 3 aromatic carbocycles. The molecule has 7 nitrogen and oxygen atoms in total. The number of halogens is 3. The summed E-state index contributed by atoms with van der Waals surface area (Å²) in [5.74, 6) is 0.264. The number of benzene rings is 3. The van der Waals surface area contributed by atoms with E-state index in [9.17, 15) is 18.0 Å². The second-order valence-corrected chi connectivity index (χ2v) is 8.72. The maximum atomic E-state index is 13.5. The highest BCUT2D eigenvalue weighted by Gasteiger charge is 2.44. The number of carbonyl (C=O) groups is 1. The Morgan fingerprint density at radius 1 is 0.974 bits per heavy atom. The monoisotopic (exact) mass is 528 g/mol. The molecule has 0 saturated carbocycles. The van der Waals surface area contributed by atoms with Gasteiger partial charge in [-0.2, -0.15) is 0 Å². The van der Waals surface area contributed by atoms with E-state index >= 15 is 0 Å². The summed E-state index contributed by atoms with van der Waals surface area (Å²) in [5, 5.41) is 11.7. The van der Waals surface area contributed by atoms with Crippen LogP contribution >= 0.6 is 0 Å². The van der Waals surface area contributed by atoms with Crippen molar-refractivity contribution < 1.29 is 37.3 Å². The van der Waals surface area contributed by atoms with E-state index in [1.54, 1.807) is 24.3 Å². The first-order valence-corrected chi connectivity index (χ1v) is 12.0. The van der Waals surface area contributed by atoms with E-state index in [1.807, 2.05) is 30.3 Å². The zero-order chi connectivity index (χ0) is 27.0. The summed E-state index contributed by atoms with van der Waals surface area (Å²) >= 11 is 0. The van der Waals surface area contributed by atoms with Gasteiger partial charge in [-0.25, -0.2) is 4.99 Å². The maximum Gasteiger partial charge on any atom is 0.573 e. The lowest BCUT2D eigenvalue weighted by Crippen LogP contribution is -2.48. The van der Waals surface area contributed by atoms with Gasteiger partial charge in [0.05, 0.1) is 6.61 Å². The van der Waals surface area contributed by atoms with E-state index in [-0.39, 0.29) is 31.4 Å². The molecule has 0 bridgehead atoms. The Morgan fingerprint density at radius 3 is 2.32 bits per heavy atom. The van der Waals surface area contributed by atoms with E-state index in [1.165, 1.54) is 24.3 Å². The van der Waals surface area contributed by atoms with Crippen LogP contribution in [0, 0.1) is 0 Å². The fourth-order valence-electron chi connectivity index (χ4n) is 3.92. The number of nitrogens with one attached hydrogen (secondary N) is 1. The summed E-state index contributed by atoms with van der Waals surface area (Å²) in [4.78, 5) is 18.2. The predicted octanol–water partition coefficient (Wildman–Crippen LogP) is 4.42. The highest BCUT2D eigenvalue weighted by Crippen LogP contribution is 2.28. The number of nitrogens with zero attached hydrogens (tertiary/aromatic N) is 1. The molecular formula is C28H27F3N2O5. The van der Waals surface area contributed by atoms with Gasteiger partial charge in [0.1, 0.15) is 18.1 Å². The lowest BCUT2D eigenvalue weighted by Gasteiger charge is -2.23. The molecular weight excluding hydrogens is 501 g/mol. The van der Waals surface area contributed by atoms with Crippen LogP contribution in [-0.4, -0.2) is 48.6 Å². The zero-order valence-corrected chi connectivity index (χ0v) is 20.4. The van der Waals surface area contributed by atoms with Gasteiger partial charge in [0.2, 0.25) is 5.90 Å². The second-order valence-electron chi connectivity index (χ2n) is 8.72. The first kappa shape index (κ1) is 27.0. The summed E-state index contributed by atoms with van der Waals surface area (Å²) in [6.07, 6.45) is -3.95. The Hall–Kier alpha value is -4.05. The molecule has 0 unspecified atom stereocenters. The van der Waals surface area contributed by atoms with Gasteiger partial charge in [0, 0.05) is 31.6 Å². The Labute approximate surface area is 217 Å². The summed E-state index contributed by atoms with van der Waals surface area (Å²) in [6.45, 7) is 0.556. The molecule has 10 heteroatoms. The van der Waals surface area contributed by atoms with E-state index in [0.29, 0.717) is 42.2 Å². The van der Waals surface area contributed by atoms with Crippen LogP contribution in [0.5, 0.6) is 11.5 Å². The number of ether oxygens (including phenoxy) is 3. The average Bonchev–Trinajstić information content (AvgIpc) is 3.33. The lowest BCUT2D eigenvalue weighted by atomic mass is 9.91. The maximum absolute atomic E-state index is 13.5. The SMILES string of the molecule is O=C(NCc1ccc(OC(F)(F)F)cc1)[C@@]1(Cc2ccccc2)COC(c2ccc(OCCCO)cc2)=N1. The third kappa shape index (κ3) is 7.25. The normalized spacial score (nSPS) is 16.9. The largest absolute Gasteiger partial charge is 0.573 e. The van der Waals surface area contributed by atoms with Crippen molar-refractivity contribution in [2.75, 3.05) is 19.8 Å². The summed E-state index contributed by atoms with van der Waals surface area (Å²) in [6, 6.07) is 21.8. The van der Waals surface area contributed by atoms with Crippen LogP contribution in [0.2, 0.25) is 0 Å². The van der Waals surface area contributed by atoms with Crippen molar-refractivity contribution in [2.24, 2.45) is 4.99 Å². The molecule has 1 amide bonds. The summed E-state index contributed by atoms with van der Waals surface area (Å²) in [5.41, 5.74) is 0.953. The van der Waals surface area contributed by atoms with Crippen LogP contribution in [0.4, 0.5) is 13.2 Å². The number of rotatable bonds is 11. The fraction of sp³-hybridized carbons (Fsp3) is 0.286. The molecule has 3 aromatic rings. The molecule has 200 valence electrons. The second kappa shape index (κ2) is 12.0. The van der Waals surface area contributed by atoms with E-state index in [4.69, 9.17) is 19.6 Å². The molecule has 0 aromatic heterocycles. The number of alkyl halides is 3. The molecule has 1 aliphatic rings. The summed E-state index contributed by atoms with van der Waals surface area (Å²) in [7, 11) is 0. The number of amides is 1. The molecule has 4 rings (SSSR count). The minimum atomic E-state index is -4.77. The van der Waals surface area contributed by atoms with Gasteiger partial charge in [0.15, 0.2) is 5.54 Å². The minimum Gasteiger partial charge on any atom is -0.494 e. The molecule has 1 aliphatic heterocycles. The molecule has 0 spiro atoms. The number of carbonyl (C=O) groups excluding carboxylic acids is 1. The van der Waals surface area contributed by atoms with Crippen LogP contribution in [0.3, 0.4) is 0 Å². The highest BCUT2D eigenvalue weighted by molar-refractivity contribution is 6.00. The summed E-state index contributed by atoms with van der Waals surface area (Å²) < 4.78 is 52.6. The van der Waals surface area contributed by atoms with E-state index < -0.39 is 11.9 Å². The van der Waals surface area contributed by atoms with Gasteiger partial charge in [-0.05, 0) is 47.5 Å². The topological polar surface area (TPSA) is 89.4 Å². The Morgan fingerprint density at radius 2 is 1.66 bits per heavy atom. The quantitative estimate of drug-likeness (QED) is 0.360. The predicted molar refractivity (Wildman–Crippen MR) is 134 cm³/mol.